The molecule has 0 aliphatic carbocycles. The summed E-state index contributed by atoms with van der Waals surface area (Å²) in [7, 11) is 0. The van der Waals surface area contributed by atoms with Crippen LogP contribution < -0.4 is 10.2 Å². The van der Waals surface area contributed by atoms with Gasteiger partial charge in [-0.15, -0.1) is 11.3 Å². The second-order valence-corrected chi connectivity index (χ2v) is 6.83. The average molecular weight is 362 g/mol. The smallest absolute Gasteiger partial charge is 0.269 e. The lowest BCUT2D eigenvalue weighted by Gasteiger charge is -2.31. The Kier molecular flexibility index (Phi) is 5.75. The Morgan fingerprint density at radius 1 is 1.28 bits per heavy atom. The fourth-order valence-electron chi connectivity index (χ4n) is 2.95. The number of hydrogen-bond donors (Lipinski definition) is 2. The van der Waals surface area contributed by atoms with Crippen molar-refractivity contribution in [1.82, 2.24) is 5.32 Å². The van der Waals surface area contributed by atoms with Gasteiger partial charge >= 0.3 is 0 Å². The molecule has 1 aromatic heterocycles. The van der Waals surface area contributed by atoms with Crippen LogP contribution in [0.2, 0.25) is 0 Å². The van der Waals surface area contributed by atoms with E-state index in [1.807, 2.05) is 11.4 Å². The first-order valence-electron chi connectivity index (χ1n) is 8.13. The summed E-state index contributed by atoms with van der Waals surface area (Å²) in [6.07, 6.45) is 0. The number of nitrogens with one attached hydrogen (secondary N) is 2. The highest BCUT2D eigenvalue weighted by Crippen LogP contribution is 2.17. The fraction of sp³-hybridized carbons (Fsp3) is 0.353. The predicted molar refractivity (Wildman–Crippen MR) is 94.0 cm³/mol. The van der Waals surface area contributed by atoms with E-state index in [0.717, 1.165) is 26.3 Å². The zero-order valence-electron chi connectivity index (χ0n) is 13.6. The number of thiophene rings is 1. The highest BCUT2D eigenvalue weighted by Gasteiger charge is 2.27. The molecule has 2 N–H and O–H groups in total. The summed E-state index contributed by atoms with van der Waals surface area (Å²) in [5.74, 6) is -0.218. The maximum Gasteiger partial charge on any atom is 0.269 e. The second kappa shape index (κ2) is 8.19. The lowest BCUT2D eigenvalue weighted by molar-refractivity contribution is -0.937. The van der Waals surface area contributed by atoms with Crippen LogP contribution in [0.4, 0.5) is 5.69 Å². The number of nitro groups is 1. The molecule has 1 amide bonds. The van der Waals surface area contributed by atoms with Gasteiger partial charge in [0, 0.05) is 17.7 Å². The van der Waals surface area contributed by atoms with Gasteiger partial charge in [-0.25, -0.2) is 0 Å². The van der Waals surface area contributed by atoms with Gasteiger partial charge in [-0.2, -0.15) is 0 Å². The third-order valence-corrected chi connectivity index (χ3v) is 5.31. The molecule has 3 rings (SSSR count). The van der Waals surface area contributed by atoms with Crippen LogP contribution in [-0.2, 0) is 4.74 Å². The number of carbonyl (C=O) groups is 1. The molecule has 0 bridgehead atoms. The number of amides is 1. The first-order valence-corrected chi connectivity index (χ1v) is 9.01. The SMILES string of the molecule is O=C(NC[C@@H](c1cccs1)[NH+]1CCOCC1)c1ccc([N+](=O)[O-])cc1. The van der Waals surface area contributed by atoms with E-state index in [9.17, 15) is 14.9 Å². The molecule has 1 atom stereocenters. The molecule has 0 spiro atoms. The van der Waals surface area contributed by atoms with Crippen LogP contribution in [0.1, 0.15) is 21.3 Å². The van der Waals surface area contributed by atoms with Crippen LogP contribution in [0.15, 0.2) is 41.8 Å². The number of hydrogen-bond acceptors (Lipinski definition) is 5. The largest absolute Gasteiger partial charge is 0.370 e. The fourth-order valence-corrected chi connectivity index (χ4v) is 3.83. The molecule has 0 saturated carbocycles. The van der Waals surface area contributed by atoms with Crippen molar-refractivity contribution in [2.45, 2.75) is 6.04 Å². The lowest BCUT2D eigenvalue weighted by Crippen LogP contribution is -3.15. The van der Waals surface area contributed by atoms with Gasteiger partial charge < -0.3 is 15.0 Å². The van der Waals surface area contributed by atoms with E-state index >= 15 is 0 Å². The van der Waals surface area contributed by atoms with E-state index in [0.29, 0.717) is 12.1 Å². The second-order valence-electron chi connectivity index (χ2n) is 5.85. The number of nitro benzene ring substituents is 1. The maximum atomic E-state index is 12.4. The average Bonchev–Trinajstić information content (AvgIpc) is 3.17. The van der Waals surface area contributed by atoms with Gasteiger partial charge in [0.1, 0.15) is 19.1 Å². The van der Waals surface area contributed by atoms with Gasteiger partial charge in [0.15, 0.2) is 0 Å². The predicted octanol–water partition coefficient (Wildman–Crippen LogP) is 1.04. The Morgan fingerprint density at radius 3 is 2.60 bits per heavy atom. The minimum Gasteiger partial charge on any atom is -0.370 e. The summed E-state index contributed by atoms with van der Waals surface area (Å²) in [6, 6.07) is 9.95. The lowest BCUT2D eigenvalue weighted by atomic mass is 10.1. The van der Waals surface area contributed by atoms with E-state index in [1.54, 1.807) is 11.3 Å². The molecule has 7 nitrogen and oxygen atoms in total. The van der Waals surface area contributed by atoms with E-state index in [2.05, 4.69) is 11.4 Å². The molecule has 0 radical (unpaired) electrons. The summed E-state index contributed by atoms with van der Waals surface area (Å²) in [6.45, 7) is 3.80. The van der Waals surface area contributed by atoms with E-state index in [-0.39, 0.29) is 17.6 Å². The number of nitrogens with zero attached hydrogens (tertiary/aromatic N) is 1. The molecule has 0 unspecified atom stereocenters. The van der Waals surface area contributed by atoms with Crippen molar-refractivity contribution in [2.75, 3.05) is 32.8 Å². The van der Waals surface area contributed by atoms with Gasteiger partial charge in [-0.1, -0.05) is 6.07 Å². The molecule has 1 saturated heterocycles. The van der Waals surface area contributed by atoms with Crippen LogP contribution in [0.3, 0.4) is 0 Å². The number of quaternary nitrogens is 1. The molecule has 25 heavy (non-hydrogen) atoms. The van der Waals surface area contributed by atoms with Crippen LogP contribution >= 0.6 is 11.3 Å². The first kappa shape index (κ1) is 17.5. The van der Waals surface area contributed by atoms with Crippen LogP contribution in [-0.4, -0.2) is 43.7 Å². The Hall–Kier alpha value is -2.29. The Bertz CT molecular complexity index is 712. The van der Waals surface area contributed by atoms with Crippen molar-refractivity contribution >= 4 is 22.9 Å². The third-order valence-electron chi connectivity index (χ3n) is 4.32. The van der Waals surface area contributed by atoms with Crippen molar-refractivity contribution in [2.24, 2.45) is 0 Å². The monoisotopic (exact) mass is 362 g/mol. The summed E-state index contributed by atoms with van der Waals surface area (Å²) in [5, 5.41) is 15.7. The number of ether oxygens (including phenoxy) is 1. The van der Waals surface area contributed by atoms with E-state index in [1.165, 1.54) is 34.0 Å². The van der Waals surface area contributed by atoms with Crippen LogP contribution in [0, 0.1) is 10.1 Å². The maximum absolute atomic E-state index is 12.4. The molecule has 1 aliphatic heterocycles. The number of carbonyl (C=O) groups excluding carboxylic acids is 1. The molecule has 1 fully saturated rings. The van der Waals surface area contributed by atoms with Gasteiger partial charge in [-0.05, 0) is 23.6 Å². The topological polar surface area (TPSA) is 85.9 Å². The van der Waals surface area contributed by atoms with Gasteiger partial charge in [0.2, 0.25) is 0 Å². The molecular formula is C17H20N3O4S+. The number of benzene rings is 1. The standard InChI is InChI=1S/C17H19N3O4S/c21-17(13-3-5-14(6-4-13)20(22)23)18-12-15(16-2-1-11-25-16)19-7-9-24-10-8-19/h1-6,11,15H,7-10,12H2,(H,18,21)/p+1/t15-/m0/s1. The van der Waals surface area contributed by atoms with Crippen molar-refractivity contribution in [3.63, 3.8) is 0 Å². The van der Waals surface area contributed by atoms with Crippen molar-refractivity contribution in [3.05, 3.63) is 62.3 Å². The van der Waals surface area contributed by atoms with Gasteiger partial charge in [0.05, 0.1) is 29.6 Å². The molecule has 1 aromatic carbocycles. The third kappa shape index (κ3) is 4.41. The van der Waals surface area contributed by atoms with Crippen molar-refractivity contribution < 1.29 is 19.4 Å². The summed E-state index contributed by atoms with van der Waals surface area (Å²) >= 11 is 1.69. The molecule has 8 heteroatoms. The van der Waals surface area contributed by atoms with E-state index in [4.69, 9.17) is 4.74 Å². The highest BCUT2D eigenvalue weighted by atomic mass is 32.1. The van der Waals surface area contributed by atoms with Gasteiger partial charge in [-0.3, -0.25) is 14.9 Å². The minimum absolute atomic E-state index is 0.0224. The number of non-ortho nitro benzene ring substituents is 1. The minimum atomic E-state index is -0.476. The summed E-state index contributed by atoms with van der Waals surface area (Å²) in [5.41, 5.74) is 0.401. The zero-order chi connectivity index (χ0) is 17.6. The quantitative estimate of drug-likeness (QED) is 0.594. The first-order chi connectivity index (χ1) is 12.1. The zero-order valence-corrected chi connectivity index (χ0v) is 14.5. The van der Waals surface area contributed by atoms with Gasteiger partial charge in [0.25, 0.3) is 11.6 Å². The van der Waals surface area contributed by atoms with Crippen molar-refractivity contribution in [1.29, 1.82) is 0 Å². The summed E-state index contributed by atoms with van der Waals surface area (Å²) < 4.78 is 5.43. The number of rotatable bonds is 6. The molecule has 132 valence electrons. The Morgan fingerprint density at radius 2 is 2.00 bits per heavy atom. The molecule has 2 aromatic rings. The highest BCUT2D eigenvalue weighted by molar-refractivity contribution is 7.10. The Balaban J connectivity index is 1.65. The molecule has 1 aliphatic rings. The Labute approximate surface area is 149 Å². The molecule has 2 heterocycles. The summed E-state index contributed by atoms with van der Waals surface area (Å²) in [4.78, 5) is 25.2. The van der Waals surface area contributed by atoms with E-state index < -0.39 is 4.92 Å². The normalized spacial score (nSPS) is 16.3. The van der Waals surface area contributed by atoms with Crippen molar-refractivity contribution in [3.8, 4) is 0 Å². The molecular weight excluding hydrogens is 342 g/mol. The number of morpholine rings is 1. The van der Waals surface area contributed by atoms with Crippen LogP contribution in [0.5, 0.6) is 0 Å². The van der Waals surface area contributed by atoms with Crippen LogP contribution in [0.25, 0.3) is 0 Å².